The van der Waals surface area contributed by atoms with Crippen LogP contribution >= 0.6 is 0 Å². The Morgan fingerprint density at radius 1 is 0.595 bits per heavy atom. The van der Waals surface area contributed by atoms with E-state index in [0.717, 1.165) is 49.4 Å². The summed E-state index contributed by atoms with van der Waals surface area (Å²) in [7, 11) is 1.54. The second-order valence-corrected chi connectivity index (χ2v) is 10.6. The van der Waals surface area contributed by atoms with E-state index >= 15 is 0 Å². The van der Waals surface area contributed by atoms with Crippen LogP contribution in [0.25, 0.3) is 43.6 Å². The second-order valence-electron chi connectivity index (χ2n) is 10.6. The second kappa shape index (κ2) is 9.24. The van der Waals surface area contributed by atoms with Gasteiger partial charge in [0.25, 0.3) is 11.8 Å². The molecule has 2 N–H and O–H groups in total. The number of imide groups is 1. The van der Waals surface area contributed by atoms with Crippen LogP contribution in [0.4, 0.5) is 0 Å². The predicted molar refractivity (Wildman–Crippen MR) is 163 cm³/mol. The lowest BCUT2D eigenvalue weighted by molar-refractivity contribution is 0.0694. The fourth-order valence-electron chi connectivity index (χ4n) is 6.01. The van der Waals surface area contributed by atoms with E-state index in [1.807, 2.05) is 97.1 Å². The van der Waals surface area contributed by atoms with E-state index in [1.54, 1.807) is 0 Å². The van der Waals surface area contributed by atoms with Crippen molar-refractivity contribution in [2.24, 2.45) is 0 Å². The van der Waals surface area contributed by atoms with E-state index in [1.165, 1.54) is 11.9 Å². The lowest BCUT2D eigenvalue weighted by Gasteiger charge is -2.07. The highest BCUT2D eigenvalue weighted by molar-refractivity contribution is 6.39. The van der Waals surface area contributed by atoms with E-state index in [2.05, 4.69) is 9.97 Å². The van der Waals surface area contributed by atoms with Crippen LogP contribution < -0.4 is 9.47 Å². The number of aromatic amines is 2. The van der Waals surface area contributed by atoms with Crippen LogP contribution in [0.3, 0.4) is 0 Å². The number of hydrogen-bond acceptors (Lipinski definition) is 4. The van der Waals surface area contributed by atoms with E-state index in [9.17, 15) is 9.59 Å². The van der Waals surface area contributed by atoms with Gasteiger partial charge in [-0.25, -0.2) is 0 Å². The van der Waals surface area contributed by atoms with Gasteiger partial charge in [0.05, 0.1) is 27.7 Å². The number of nitrogens with one attached hydrogen (secondary N) is 2. The van der Waals surface area contributed by atoms with Crippen molar-refractivity contribution in [1.82, 2.24) is 14.9 Å². The number of aromatic nitrogens is 2. The smallest absolute Gasteiger partial charge is 0.262 e. The van der Waals surface area contributed by atoms with Crippen molar-refractivity contribution in [2.45, 2.75) is 13.2 Å². The summed E-state index contributed by atoms with van der Waals surface area (Å²) < 4.78 is 12.2. The molecule has 7 heteroatoms. The fraction of sp³-hybridized carbons (Fsp3) is 0.0857. The number of fused-ring (bicyclic) bond motifs is 10. The topological polar surface area (TPSA) is 87.4 Å². The Morgan fingerprint density at radius 3 is 1.74 bits per heavy atom. The molecule has 204 valence electrons. The van der Waals surface area contributed by atoms with Crippen molar-refractivity contribution < 1.29 is 19.1 Å². The van der Waals surface area contributed by atoms with E-state index in [-0.39, 0.29) is 11.8 Å². The van der Waals surface area contributed by atoms with Crippen LogP contribution in [0.2, 0.25) is 0 Å². The molecule has 8 rings (SSSR count). The average molecular weight is 552 g/mol. The van der Waals surface area contributed by atoms with Crippen molar-refractivity contribution in [3.63, 3.8) is 0 Å². The Labute approximate surface area is 240 Å². The van der Waals surface area contributed by atoms with Gasteiger partial charge in [-0.2, -0.15) is 0 Å². The van der Waals surface area contributed by atoms with Gasteiger partial charge in [0.1, 0.15) is 24.7 Å². The van der Waals surface area contributed by atoms with Crippen LogP contribution in [0, 0.1) is 0 Å². The third-order valence-corrected chi connectivity index (χ3v) is 8.07. The van der Waals surface area contributed by atoms with E-state index in [4.69, 9.17) is 9.47 Å². The Hall–Kier alpha value is -5.56. The van der Waals surface area contributed by atoms with Gasteiger partial charge in [-0.05, 0) is 41.5 Å². The minimum Gasteiger partial charge on any atom is -0.489 e. The highest BCUT2D eigenvalue weighted by atomic mass is 16.5. The number of hydrogen-bond donors (Lipinski definition) is 2. The number of nitrogens with zero attached hydrogens (tertiary/aromatic N) is 1. The van der Waals surface area contributed by atoms with Crippen LogP contribution in [0.15, 0.2) is 97.1 Å². The maximum absolute atomic E-state index is 13.6. The summed E-state index contributed by atoms with van der Waals surface area (Å²) in [5, 5.41) is 3.14. The SMILES string of the molecule is CN1C(=O)c2c(c3c4cc(OCc5ccccc5)ccc4[nH]c3c3[nH]c4cc(OCc5ccccc5)ccc4c23)C1=O. The summed E-state index contributed by atoms with van der Waals surface area (Å²) in [5.74, 6) is 0.777. The monoisotopic (exact) mass is 551 g/mol. The zero-order valence-electron chi connectivity index (χ0n) is 22.7. The van der Waals surface area contributed by atoms with E-state index in [0.29, 0.717) is 41.2 Å². The highest BCUT2D eigenvalue weighted by Crippen LogP contribution is 2.44. The third kappa shape index (κ3) is 3.67. The van der Waals surface area contributed by atoms with Crippen molar-refractivity contribution >= 4 is 55.4 Å². The van der Waals surface area contributed by atoms with Gasteiger partial charge < -0.3 is 19.4 Å². The Bertz CT molecular complexity index is 2200. The van der Waals surface area contributed by atoms with Crippen molar-refractivity contribution in [2.75, 3.05) is 7.05 Å². The number of rotatable bonds is 6. The molecule has 0 bridgehead atoms. The third-order valence-electron chi connectivity index (χ3n) is 8.07. The summed E-state index contributed by atoms with van der Waals surface area (Å²) >= 11 is 0. The largest absolute Gasteiger partial charge is 0.489 e. The predicted octanol–water partition coefficient (Wildman–Crippen LogP) is 7.34. The molecule has 0 fully saturated rings. The molecule has 0 aliphatic carbocycles. The molecular formula is C35H25N3O4. The van der Waals surface area contributed by atoms with Gasteiger partial charge in [0.15, 0.2) is 0 Å². The number of ether oxygens (including phenoxy) is 2. The van der Waals surface area contributed by atoms with Crippen LogP contribution in [-0.2, 0) is 13.2 Å². The number of benzene rings is 5. The number of H-pyrrole nitrogens is 2. The molecule has 2 aromatic heterocycles. The number of carbonyl (C=O) groups is 2. The fourth-order valence-corrected chi connectivity index (χ4v) is 6.01. The first-order chi connectivity index (χ1) is 20.6. The lowest BCUT2D eigenvalue weighted by Crippen LogP contribution is -2.24. The standard InChI is InChI=1S/C35H25N3O4/c1-38-34(39)30-28-24-14-12-23(42-19-21-10-6-3-7-11-21)17-27(24)37-32(28)33-29(31(30)35(38)40)25-16-22(13-15-26(25)36-33)41-18-20-8-4-2-5-9-20/h2-17,36-37H,18-19H2,1H3. The lowest BCUT2D eigenvalue weighted by atomic mass is 9.96. The molecule has 5 aromatic carbocycles. The molecule has 3 heterocycles. The Balaban J connectivity index is 1.30. The molecule has 1 aliphatic heterocycles. The Kier molecular flexibility index (Phi) is 5.34. The molecular weight excluding hydrogens is 526 g/mol. The molecule has 0 saturated heterocycles. The molecule has 2 amide bonds. The maximum Gasteiger partial charge on any atom is 0.262 e. The van der Waals surface area contributed by atoms with Crippen molar-refractivity contribution in [3.05, 3.63) is 119 Å². The zero-order chi connectivity index (χ0) is 28.4. The summed E-state index contributed by atoms with van der Waals surface area (Å²) in [6.07, 6.45) is 0. The number of carbonyl (C=O) groups excluding carboxylic acids is 2. The molecule has 0 atom stereocenters. The van der Waals surface area contributed by atoms with Gasteiger partial charge in [-0.1, -0.05) is 60.7 Å². The zero-order valence-corrected chi connectivity index (χ0v) is 22.7. The van der Waals surface area contributed by atoms with Crippen LogP contribution in [0.1, 0.15) is 31.8 Å². The van der Waals surface area contributed by atoms with Crippen molar-refractivity contribution in [1.29, 1.82) is 0 Å². The van der Waals surface area contributed by atoms with Gasteiger partial charge in [0.2, 0.25) is 0 Å². The summed E-state index contributed by atoms with van der Waals surface area (Å²) in [4.78, 5) is 35.4. The first kappa shape index (κ1) is 24.3. The quantitative estimate of drug-likeness (QED) is 0.212. The minimum absolute atomic E-state index is 0.307. The molecule has 1 aliphatic rings. The van der Waals surface area contributed by atoms with Crippen molar-refractivity contribution in [3.8, 4) is 11.5 Å². The maximum atomic E-state index is 13.6. The minimum atomic E-state index is -0.310. The molecule has 42 heavy (non-hydrogen) atoms. The molecule has 0 unspecified atom stereocenters. The van der Waals surface area contributed by atoms with Gasteiger partial charge in [-0.3, -0.25) is 14.5 Å². The normalized spacial score (nSPS) is 13.1. The van der Waals surface area contributed by atoms with Gasteiger partial charge in [-0.15, -0.1) is 0 Å². The molecule has 7 aromatic rings. The molecule has 7 nitrogen and oxygen atoms in total. The van der Waals surface area contributed by atoms with Crippen LogP contribution in [0.5, 0.6) is 11.5 Å². The van der Waals surface area contributed by atoms with Crippen LogP contribution in [-0.4, -0.2) is 33.7 Å². The number of amides is 2. The molecule has 0 saturated carbocycles. The summed E-state index contributed by atoms with van der Waals surface area (Å²) in [6, 6.07) is 31.6. The van der Waals surface area contributed by atoms with Gasteiger partial charge >= 0.3 is 0 Å². The first-order valence-corrected chi connectivity index (χ1v) is 13.8. The molecule has 0 radical (unpaired) electrons. The average Bonchev–Trinajstić information content (AvgIpc) is 3.66. The Morgan fingerprint density at radius 2 is 1.12 bits per heavy atom. The highest BCUT2D eigenvalue weighted by Gasteiger charge is 2.39. The summed E-state index contributed by atoms with van der Waals surface area (Å²) in [6.45, 7) is 0.870. The molecule has 0 spiro atoms. The first-order valence-electron chi connectivity index (χ1n) is 13.8. The van der Waals surface area contributed by atoms with E-state index < -0.39 is 0 Å². The summed E-state index contributed by atoms with van der Waals surface area (Å²) in [5.41, 5.74) is 6.21. The van der Waals surface area contributed by atoms with Gasteiger partial charge in [0, 0.05) is 40.2 Å².